The Labute approximate surface area is 153 Å². The first kappa shape index (κ1) is 16.3. The summed E-state index contributed by atoms with van der Waals surface area (Å²) in [5.41, 5.74) is 2.04. The molecule has 0 spiro atoms. The highest BCUT2D eigenvalue weighted by atomic mass is 16.1. The number of carbonyl (C=O) groups excluding carboxylic acids is 1. The smallest absolute Gasteiger partial charge is 0.185 e. The number of allylic oxidation sites excluding steroid dienone is 2. The Morgan fingerprint density at radius 1 is 0.692 bits per heavy atom. The number of benzene rings is 4. The molecule has 0 aromatic heterocycles. The molecule has 0 aliphatic rings. The van der Waals surface area contributed by atoms with Crippen LogP contribution in [0.25, 0.3) is 21.5 Å². The van der Waals surface area contributed by atoms with Crippen LogP contribution in [-0.4, -0.2) is 5.78 Å². The van der Waals surface area contributed by atoms with Gasteiger partial charge in [0.25, 0.3) is 0 Å². The fraction of sp³-hybridized carbons (Fsp3) is 0.0800. The average Bonchev–Trinajstić information content (AvgIpc) is 2.70. The molecule has 0 amide bonds. The van der Waals surface area contributed by atoms with Gasteiger partial charge in [-0.2, -0.15) is 0 Å². The molecule has 0 unspecified atom stereocenters. The van der Waals surface area contributed by atoms with Crippen molar-refractivity contribution in [2.75, 3.05) is 0 Å². The zero-order valence-electron chi connectivity index (χ0n) is 14.6. The van der Waals surface area contributed by atoms with E-state index >= 15 is 0 Å². The summed E-state index contributed by atoms with van der Waals surface area (Å²) < 4.78 is 0. The fourth-order valence-electron chi connectivity index (χ4n) is 3.27. The monoisotopic (exact) mass is 336 g/mol. The third-order valence-corrected chi connectivity index (χ3v) is 4.72. The van der Waals surface area contributed by atoms with Gasteiger partial charge in [0.1, 0.15) is 0 Å². The molecular weight excluding hydrogens is 316 g/mol. The standard InChI is InChI=1S/C25H20O/c26-25(24-16-15-21-9-3-5-11-23(21)18-24)12-6-1-7-19-13-14-20-8-2-4-10-22(20)17-19/h2-6,8-18H,1,7H2/b12-6+. The topological polar surface area (TPSA) is 17.1 Å². The Kier molecular flexibility index (Phi) is 4.61. The molecule has 0 aliphatic heterocycles. The minimum absolute atomic E-state index is 0.0641. The van der Waals surface area contributed by atoms with Gasteiger partial charge in [0.2, 0.25) is 0 Å². The van der Waals surface area contributed by atoms with Gasteiger partial charge in [-0.05, 0) is 52.1 Å². The van der Waals surface area contributed by atoms with E-state index in [1.54, 1.807) is 6.08 Å². The van der Waals surface area contributed by atoms with E-state index in [-0.39, 0.29) is 5.78 Å². The molecule has 4 rings (SSSR count). The zero-order valence-corrected chi connectivity index (χ0v) is 14.6. The van der Waals surface area contributed by atoms with Crippen molar-refractivity contribution in [3.8, 4) is 0 Å². The van der Waals surface area contributed by atoms with Crippen molar-refractivity contribution in [1.29, 1.82) is 0 Å². The molecule has 0 bridgehead atoms. The molecule has 0 saturated carbocycles. The van der Waals surface area contributed by atoms with E-state index in [2.05, 4.69) is 48.5 Å². The maximum Gasteiger partial charge on any atom is 0.185 e. The Hall–Kier alpha value is -3.19. The van der Waals surface area contributed by atoms with Crippen LogP contribution in [0.3, 0.4) is 0 Å². The summed E-state index contributed by atoms with van der Waals surface area (Å²) in [5.74, 6) is 0.0641. The molecule has 0 N–H and O–H groups in total. The van der Waals surface area contributed by atoms with Gasteiger partial charge in [-0.15, -0.1) is 0 Å². The molecule has 0 aliphatic carbocycles. The van der Waals surface area contributed by atoms with E-state index in [0.717, 1.165) is 29.2 Å². The summed E-state index contributed by atoms with van der Waals surface area (Å²) in [6.07, 6.45) is 5.47. The maximum absolute atomic E-state index is 12.4. The number of carbonyl (C=O) groups is 1. The van der Waals surface area contributed by atoms with E-state index in [4.69, 9.17) is 0 Å². The number of aryl methyl sites for hydroxylation is 1. The summed E-state index contributed by atoms with van der Waals surface area (Å²) in [4.78, 5) is 12.4. The predicted octanol–water partition coefficient (Wildman–Crippen LogP) is 6.36. The van der Waals surface area contributed by atoms with Gasteiger partial charge in [-0.3, -0.25) is 4.79 Å². The largest absolute Gasteiger partial charge is 0.289 e. The van der Waals surface area contributed by atoms with Crippen LogP contribution in [0.2, 0.25) is 0 Å². The van der Waals surface area contributed by atoms with Crippen LogP contribution in [-0.2, 0) is 6.42 Å². The van der Waals surface area contributed by atoms with Crippen LogP contribution in [0.4, 0.5) is 0 Å². The molecule has 0 heterocycles. The number of fused-ring (bicyclic) bond motifs is 2. The summed E-state index contributed by atoms with van der Waals surface area (Å²) in [7, 11) is 0. The second kappa shape index (κ2) is 7.37. The first-order valence-corrected chi connectivity index (χ1v) is 8.97. The number of hydrogen-bond donors (Lipinski definition) is 0. The SMILES string of the molecule is O=C(/C=C/CCc1ccc2ccccc2c1)c1ccc2ccccc2c1. The van der Waals surface area contributed by atoms with Gasteiger partial charge in [-0.25, -0.2) is 0 Å². The number of hydrogen-bond acceptors (Lipinski definition) is 1. The van der Waals surface area contributed by atoms with Crippen LogP contribution in [0, 0.1) is 0 Å². The summed E-state index contributed by atoms with van der Waals surface area (Å²) in [5, 5.41) is 4.78. The van der Waals surface area contributed by atoms with E-state index in [0.29, 0.717) is 0 Å². The summed E-state index contributed by atoms with van der Waals surface area (Å²) in [6, 6.07) is 28.9. The fourth-order valence-corrected chi connectivity index (χ4v) is 3.27. The molecule has 1 nitrogen and oxygen atoms in total. The third kappa shape index (κ3) is 3.57. The van der Waals surface area contributed by atoms with Crippen LogP contribution < -0.4 is 0 Å². The first-order chi connectivity index (χ1) is 12.8. The van der Waals surface area contributed by atoms with Gasteiger partial charge in [0.05, 0.1) is 0 Å². The minimum atomic E-state index is 0.0641. The third-order valence-electron chi connectivity index (χ3n) is 4.72. The van der Waals surface area contributed by atoms with E-state index < -0.39 is 0 Å². The Balaban J connectivity index is 1.41. The molecule has 0 atom stereocenters. The second-order valence-electron chi connectivity index (χ2n) is 6.55. The molecule has 4 aromatic carbocycles. The van der Waals surface area contributed by atoms with Crippen LogP contribution >= 0.6 is 0 Å². The lowest BCUT2D eigenvalue weighted by atomic mass is 10.0. The number of ketones is 1. The maximum atomic E-state index is 12.4. The molecule has 0 fully saturated rings. The average molecular weight is 336 g/mol. The summed E-state index contributed by atoms with van der Waals surface area (Å²) >= 11 is 0. The first-order valence-electron chi connectivity index (χ1n) is 8.97. The second-order valence-corrected chi connectivity index (χ2v) is 6.55. The van der Waals surface area contributed by atoms with Crippen LogP contribution in [0.5, 0.6) is 0 Å². The van der Waals surface area contributed by atoms with Crippen molar-refractivity contribution >= 4 is 27.3 Å². The van der Waals surface area contributed by atoms with Crippen LogP contribution in [0.15, 0.2) is 97.1 Å². The van der Waals surface area contributed by atoms with Gasteiger partial charge >= 0.3 is 0 Å². The van der Waals surface area contributed by atoms with Crippen molar-refractivity contribution in [3.63, 3.8) is 0 Å². The highest BCUT2D eigenvalue weighted by Crippen LogP contribution is 2.18. The quantitative estimate of drug-likeness (QED) is 0.306. The highest BCUT2D eigenvalue weighted by molar-refractivity contribution is 6.06. The van der Waals surface area contributed by atoms with E-state index in [9.17, 15) is 4.79 Å². The minimum Gasteiger partial charge on any atom is -0.289 e. The lowest BCUT2D eigenvalue weighted by Crippen LogP contribution is -1.94. The normalized spacial score (nSPS) is 11.4. The number of rotatable bonds is 5. The molecule has 4 aromatic rings. The zero-order chi connectivity index (χ0) is 17.8. The van der Waals surface area contributed by atoms with E-state index in [1.807, 2.05) is 42.5 Å². The van der Waals surface area contributed by atoms with E-state index in [1.165, 1.54) is 16.3 Å². The van der Waals surface area contributed by atoms with Crippen molar-refractivity contribution in [2.24, 2.45) is 0 Å². The van der Waals surface area contributed by atoms with Gasteiger partial charge in [0.15, 0.2) is 5.78 Å². The lowest BCUT2D eigenvalue weighted by molar-refractivity contribution is 0.104. The van der Waals surface area contributed by atoms with Crippen molar-refractivity contribution < 1.29 is 4.79 Å². The van der Waals surface area contributed by atoms with Crippen LogP contribution in [0.1, 0.15) is 22.3 Å². The summed E-state index contributed by atoms with van der Waals surface area (Å²) in [6.45, 7) is 0. The lowest BCUT2D eigenvalue weighted by Gasteiger charge is -2.02. The van der Waals surface area contributed by atoms with Gasteiger partial charge in [0, 0.05) is 5.56 Å². The van der Waals surface area contributed by atoms with Crippen molar-refractivity contribution in [1.82, 2.24) is 0 Å². The Morgan fingerprint density at radius 3 is 2.04 bits per heavy atom. The molecule has 0 saturated heterocycles. The van der Waals surface area contributed by atoms with Gasteiger partial charge < -0.3 is 0 Å². The molecule has 1 heteroatoms. The predicted molar refractivity (Wildman–Crippen MR) is 110 cm³/mol. The Bertz CT molecular complexity index is 1110. The molecule has 26 heavy (non-hydrogen) atoms. The highest BCUT2D eigenvalue weighted by Gasteiger charge is 2.03. The Morgan fingerprint density at radius 2 is 1.31 bits per heavy atom. The molecule has 126 valence electrons. The van der Waals surface area contributed by atoms with Crippen molar-refractivity contribution in [2.45, 2.75) is 12.8 Å². The molecule has 0 radical (unpaired) electrons. The van der Waals surface area contributed by atoms with Gasteiger partial charge in [-0.1, -0.05) is 84.9 Å². The molecular formula is C25H20O. The van der Waals surface area contributed by atoms with Crippen molar-refractivity contribution in [3.05, 3.63) is 108 Å².